The maximum atomic E-state index is 13.3. The summed E-state index contributed by atoms with van der Waals surface area (Å²) >= 11 is 0. The minimum atomic E-state index is -3.82. The molecular weight excluding hydrogens is 421 g/mol. The lowest BCUT2D eigenvalue weighted by Gasteiger charge is -2.18. The second-order valence-corrected chi connectivity index (χ2v) is 9.76. The number of likely N-dealkylation sites (tertiary alicyclic amines) is 1. The summed E-state index contributed by atoms with van der Waals surface area (Å²) in [6.07, 6.45) is 5.83. The molecule has 0 atom stereocenters. The summed E-state index contributed by atoms with van der Waals surface area (Å²) in [4.78, 5) is 23.5. The Balaban J connectivity index is 1.50. The van der Waals surface area contributed by atoms with Crippen LogP contribution < -0.4 is 10.0 Å². The molecule has 1 aliphatic heterocycles. The third-order valence-corrected chi connectivity index (χ3v) is 7.10. The van der Waals surface area contributed by atoms with Crippen LogP contribution in [-0.2, 0) is 16.4 Å². The lowest BCUT2D eigenvalue weighted by Crippen LogP contribution is -2.31. The van der Waals surface area contributed by atoms with E-state index in [1.165, 1.54) is 18.3 Å². The quantitative estimate of drug-likeness (QED) is 0.643. The van der Waals surface area contributed by atoms with Crippen LogP contribution in [0.5, 0.6) is 0 Å². The molecule has 0 unspecified atom stereocenters. The number of hydrogen-bond donors (Lipinski definition) is 2. The zero-order valence-electron chi connectivity index (χ0n) is 17.4. The van der Waals surface area contributed by atoms with Crippen molar-refractivity contribution in [3.8, 4) is 0 Å². The average Bonchev–Trinajstić information content (AvgIpc) is 3.36. The van der Waals surface area contributed by atoms with E-state index in [-0.39, 0.29) is 23.8 Å². The zero-order valence-corrected chi connectivity index (χ0v) is 18.2. The Bertz CT molecular complexity index is 1080. The maximum Gasteiger partial charge on any atom is 0.257 e. The summed E-state index contributed by atoms with van der Waals surface area (Å²) in [5.41, 5.74) is 1.24. The smallest absolute Gasteiger partial charge is 0.257 e. The standard InChI is InChI=1S/C21H26FN5O3S/c1-14-12-15(22)4-7-19(14)31(29,30)24-9-8-18-17(20(28)27-10-2-3-11-27)13-23-21(26-18)25-16-5-6-16/h4,7,12-13,16,24H,2-3,5-6,8-11H2,1H3,(H,23,25,26). The first-order valence-corrected chi connectivity index (χ1v) is 12.0. The number of carbonyl (C=O) groups is 1. The van der Waals surface area contributed by atoms with Gasteiger partial charge in [0.15, 0.2) is 0 Å². The van der Waals surface area contributed by atoms with Crippen LogP contribution in [0.2, 0.25) is 0 Å². The molecule has 1 aromatic carbocycles. The molecule has 1 saturated heterocycles. The number of sulfonamides is 1. The summed E-state index contributed by atoms with van der Waals surface area (Å²) in [5, 5.41) is 3.22. The van der Waals surface area contributed by atoms with Crippen molar-refractivity contribution < 1.29 is 17.6 Å². The highest BCUT2D eigenvalue weighted by atomic mass is 32.2. The zero-order chi connectivity index (χ0) is 22.0. The van der Waals surface area contributed by atoms with E-state index in [4.69, 9.17) is 0 Å². The van der Waals surface area contributed by atoms with E-state index in [1.807, 2.05) is 0 Å². The number of nitrogens with one attached hydrogen (secondary N) is 2. The molecule has 1 aromatic heterocycles. The van der Waals surface area contributed by atoms with Crippen molar-refractivity contribution in [2.24, 2.45) is 0 Å². The number of carbonyl (C=O) groups excluding carboxylic acids is 1. The van der Waals surface area contributed by atoms with Gasteiger partial charge in [-0.2, -0.15) is 0 Å². The predicted octanol–water partition coefficient (Wildman–Crippen LogP) is 2.26. The molecule has 2 aromatic rings. The van der Waals surface area contributed by atoms with Crippen molar-refractivity contribution in [3.05, 3.63) is 47.0 Å². The molecule has 2 heterocycles. The Hall–Kier alpha value is -2.59. The minimum absolute atomic E-state index is 0.0287. The van der Waals surface area contributed by atoms with Gasteiger partial charge < -0.3 is 10.2 Å². The van der Waals surface area contributed by atoms with Crippen LogP contribution in [0.15, 0.2) is 29.3 Å². The fraction of sp³-hybridized carbons (Fsp3) is 0.476. The van der Waals surface area contributed by atoms with E-state index in [0.717, 1.165) is 31.7 Å². The van der Waals surface area contributed by atoms with Gasteiger partial charge in [-0.1, -0.05) is 0 Å². The number of aromatic nitrogens is 2. The van der Waals surface area contributed by atoms with E-state index in [1.54, 1.807) is 11.8 Å². The molecule has 31 heavy (non-hydrogen) atoms. The van der Waals surface area contributed by atoms with Crippen LogP contribution >= 0.6 is 0 Å². The predicted molar refractivity (Wildman–Crippen MR) is 114 cm³/mol. The first-order valence-electron chi connectivity index (χ1n) is 10.5. The van der Waals surface area contributed by atoms with Gasteiger partial charge in [-0.15, -0.1) is 0 Å². The van der Waals surface area contributed by atoms with Crippen molar-refractivity contribution in [1.29, 1.82) is 0 Å². The van der Waals surface area contributed by atoms with Crippen LogP contribution in [0, 0.1) is 12.7 Å². The Morgan fingerprint density at radius 2 is 2.00 bits per heavy atom. The van der Waals surface area contributed by atoms with Gasteiger partial charge in [-0.25, -0.2) is 27.5 Å². The van der Waals surface area contributed by atoms with Crippen LogP contribution in [0.25, 0.3) is 0 Å². The van der Waals surface area contributed by atoms with Gasteiger partial charge in [-0.3, -0.25) is 4.79 Å². The molecule has 4 rings (SSSR count). The molecule has 166 valence electrons. The highest BCUT2D eigenvalue weighted by Gasteiger charge is 2.26. The summed E-state index contributed by atoms with van der Waals surface area (Å²) in [5.74, 6) is -0.159. The van der Waals surface area contributed by atoms with Crippen LogP contribution in [-0.4, -0.2) is 54.9 Å². The van der Waals surface area contributed by atoms with Crippen LogP contribution in [0.4, 0.5) is 10.3 Å². The molecular formula is C21H26FN5O3S. The van der Waals surface area contributed by atoms with Gasteiger partial charge in [0.05, 0.1) is 16.2 Å². The molecule has 10 heteroatoms. The fourth-order valence-electron chi connectivity index (χ4n) is 3.65. The van der Waals surface area contributed by atoms with E-state index in [2.05, 4.69) is 20.0 Å². The molecule has 2 fully saturated rings. The van der Waals surface area contributed by atoms with Gasteiger partial charge in [0.1, 0.15) is 5.82 Å². The largest absolute Gasteiger partial charge is 0.351 e. The number of rotatable bonds is 8. The second-order valence-electron chi connectivity index (χ2n) is 8.03. The van der Waals surface area contributed by atoms with Crippen molar-refractivity contribution in [3.63, 3.8) is 0 Å². The number of amides is 1. The normalized spacial score (nSPS) is 16.5. The average molecular weight is 448 g/mol. The molecule has 1 saturated carbocycles. The Morgan fingerprint density at radius 3 is 2.68 bits per heavy atom. The Labute approximate surface area is 181 Å². The lowest BCUT2D eigenvalue weighted by atomic mass is 10.1. The van der Waals surface area contributed by atoms with Gasteiger partial charge >= 0.3 is 0 Å². The Kier molecular flexibility index (Phi) is 6.19. The number of nitrogens with zero attached hydrogens (tertiary/aromatic N) is 3. The van der Waals surface area contributed by atoms with Crippen LogP contribution in [0.3, 0.4) is 0 Å². The summed E-state index contributed by atoms with van der Waals surface area (Å²) in [6.45, 7) is 3.01. The number of benzene rings is 1. The summed E-state index contributed by atoms with van der Waals surface area (Å²) in [7, 11) is -3.82. The van der Waals surface area contributed by atoms with Gasteiger partial charge in [-0.05, 0) is 56.4 Å². The first kappa shape index (κ1) is 21.6. The van der Waals surface area contributed by atoms with Gasteiger partial charge in [0.25, 0.3) is 5.91 Å². The number of aryl methyl sites for hydroxylation is 1. The van der Waals surface area contributed by atoms with Crippen molar-refractivity contribution in [2.45, 2.75) is 50.0 Å². The Morgan fingerprint density at radius 1 is 1.26 bits per heavy atom. The molecule has 0 radical (unpaired) electrons. The van der Waals surface area contributed by atoms with Crippen molar-refractivity contribution in [2.75, 3.05) is 25.0 Å². The summed E-state index contributed by atoms with van der Waals surface area (Å²) < 4.78 is 41.2. The van der Waals surface area contributed by atoms with E-state index in [0.29, 0.717) is 41.9 Å². The van der Waals surface area contributed by atoms with E-state index >= 15 is 0 Å². The third kappa shape index (κ3) is 5.19. The SMILES string of the molecule is Cc1cc(F)ccc1S(=O)(=O)NCCc1nc(NC2CC2)ncc1C(=O)N1CCCC1. The number of hydrogen-bond acceptors (Lipinski definition) is 6. The number of halogens is 1. The fourth-order valence-corrected chi connectivity index (χ4v) is 4.91. The van der Waals surface area contributed by atoms with Crippen LogP contribution in [0.1, 0.15) is 47.3 Å². The second kappa shape index (κ2) is 8.88. The van der Waals surface area contributed by atoms with Crippen molar-refractivity contribution in [1.82, 2.24) is 19.6 Å². The molecule has 0 spiro atoms. The summed E-state index contributed by atoms with van der Waals surface area (Å²) in [6, 6.07) is 3.90. The minimum Gasteiger partial charge on any atom is -0.351 e. The molecule has 2 N–H and O–H groups in total. The highest BCUT2D eigenvalue weighted by molar-refractivity contribution is 7.89. The molecule has 8 nitrogen and oxygen atoms in total. The maximum absolute atomic E-state index is 13.3. The molecule has 0 bridgehead atoms. The first-order chi connectivity index (χ1) is 14.8. The molecule has 2 aliphatic rings. The third-order valence-electron chi connectivity index (χ3n) is 5.48. The van der Waals surface area contributed by atoms with Crippen molar-refractivity contribution >= 4 is 21.9 Å². The van der Waals surface area contributed by atoms with E-state index < -0.39 is 15.8 Å². The topological polar surface area (TPSA) is 104 Å². The lowest BCUT2D eigenvalue weighted by molar-refractivity contribution is 0.0791. The highest BCUT2D eigenvalue weighted by Crippen LogP contribution is 2.24. The number of anilines is 1. The molecule has 1 aliphatic carbocycles. The monoisotopic (exact) mass is 447 g/mol. The van der Waals surface area contributed by atoms with Gasteiger partial charge in [0, 0.05) is 38.3 Å². The van der Waals surface area contributed by atoms with Gasteiger partial charge in [0.2, 0.25) is 16.0 Å². The molecule has 1 amide bonds. The van der Waals surface area contributed by atoms with E-state index in [9.17, 15) is 17.6 Å².